The van der Waals surface area contributed by atoms with E-state index in [1.165, 1.54) is 12.8 Å². The van der Waals surface area contributed by atoms with Crippen LogP contribution in [-0.2, 0) is 20.1 Å². The van der Waals surface area contributed by atoms with Crippen molar-refractivity contribution >= 4 is 11.0 Å². The molecule has 3 aromatic rings. The number of piperidine rings is 1. The van der Waals surface area contributed by atoms with Crippen molar-refractivity contribution in [1.82, 2.24) is 19.4 Å². The number of benzene rings is 1. The molecular weight excluding hydrogens is 338 g/mol. The number of aromatic nitrogens is 3. The fourth-order valence-electron chi connectivity index (χ4n) is 4.04. The third-order valence-corrected chi connectivity index (χ3v) is 5.51. The van der Waals surface area contributed by atoms with Gasteiger partial charge in [0, 0.05) is 37.5 Å². The number of hydrogen-bond acceptors (Lipinski definition) is 4. The maximum absolute atomic E-state index is 12.1. The number of imidazole rings is 1. The lowest BCUT2D eigenvalue weighted by Gasteiger charge is -2.24. The first-order chi connectivity index (χ1) is 13.1. The van der Waals surface area contributed by atoms with E-state index >= 15 is 0 Å². The van der Waals surface area contributed by atoms with Crippen molar-refractivity contribution in [3.05, 3.63) is 51.9 Å². The van der Waals surface area contributed by atoms with Crippen molar-refractivity contribution in [1.29, 1.82) is 0 Å². The minimum Gasteiger partial charge on any atom is -0.326 e. The summed E-state index contributed by atoms with van der Waals surface area (Å²) in [6.07, 6.45) is 4.31. The molecule has 0 spiro atoms. The highest BCUT2D eigenvalue weighted by Crippen LogP contribution is 2.28. The van der Waals surface area contributed by atoms with Gasteiger partial charge in [0.25, 0.3) is 5.56 Å². The van der Waals surface area contributed by atoms with Crippen molar-refractivity contribution in [2.75, 3.05) is 13.1 Å². The van der Waals surface area contributed by atoms with E-state index in [2.05, 4.69) is 16.0 Å². The monoisotopic (exact) mass is 365 g/mol. The van der Waals surface area contributed by atoms with Crippen LogP contribution in [-0.4, -0.2) is 27.2 Å². The highest BCUT2D eigenvalue weighted by atomic mass is 16.1. The lowest BCUT2D eigenvalue weighted by Crippen LogP contribution is -2.32. The van der Waals surface area contributed by atoms with Crippen molar-refractivity contribution in [2.24, 2.45) is 18.7 Å². The second kappa shape index (κ2) is 7.29. The topological polar surface area (TPSA) is 77.9 Å². The summed E-state index contributed by atoms with van der Waals surface area (Å²) in [5.41, 5.74) is 10.8. The fraction of sp³-hybridized carbons (Fsp3) is 0.429. The first-order valence-electron chi connectivity index (χ1n) is 9.64. The van der Waals surface area contributed by atoms with Gasteiger partial charge in [0.05, 0.1) is 11.0 Å². The van der Waals surface area contributed by atoms with Crippen LogP contribution in [0, 0.1) is 12.8 Å². The number of nitrogens with two attached hydrogens (primary N) is 1. The molecule has 27 heavy (non-hydrogen) atoms. The van der Waals surface area contributed by atoms with Crippen LogP contribution < -0.4 is 16.6 Å². The summed E-state index contributed by atoms with van der Waals surface area (Å²) < 4.78 is 3.95. The number of nitrogens with zero attached hydrogens (tertiary/aromatic N) is 3. The minimum atomic E-state index is 0.0308. The molecule has 1 aliphatic rings. The molecule has 6 nitrogen and oxygen atoms in total. The van der Waals surface area contributed by atoms with Gasteiger partial charge >= 0.3 is 0 Å². The summed E-state index contributed by atoms with van der Waals surface area (Å²) in [7, 11) is 1.80. The predicted molar refractivity (Wildman–Crippen MR) is 109 cm³/mol. The maximum Gasteiger partial charge on any atom is 0.253 e. The number of rotatable bonds is 4. The first-order valence-corrected chi connectivity index (χ1v) is 9.64. The predicted octanol–water partition coefficient (Wildman–Crippen LogP) is 2.17. The van der Waals surface area contributed by atoms with Gasteiger partial charge < -0.3 is 20.2 Å². The van der Waals surface area contributed by atoms with Gasteiger partial charge in [-0.3, -0.25) is 4.79 Å². The van der Waals surface area contributed by atoms with E-state index in [9.17, 15) is 4.79 Å². The highest BCUT2D eigenvalue weighted by molar-refractivity contribution is 5.81. The zero-order valence-corrected chi connectivity index (χ0v) is 16.0. The van der Waals surface area contributed by atoms with Crippen LogP contribution in [0.15, 0.2) is 35.3 Å². The number of nitrogens with one attached hydrogen (secondary N) is 1. The molecule has 6 heteroatoms. The van der Waals surface area contributed by atoms with Crippen LogP contribution in [0.1, 0.15) is 24.0 Å². The van der Waals surface area contributed by atoms with Crippen molar-refractivity contribution in [2.45, 2.75) is 32.9 Å². The fourth-order valence-corrected chi connectivity index (χ4v) is 4.04. The Kier molecular flexibility index (Phi) is 4.85. The van der Waals surface area contributed by atoms with Gasteiger partial charge in [-0.2, -0.15) is 0 Å². The van der Waals surface area contributed by atoms with Crippen LogP contribution in [0.2, 0.25) is 0 Å². The van der Waals surface area contributed by atoms with Crippen LogP contribution >= 0.6 is 0 Å². The van der Waals surface area contributed by atoms with Gasteiger partial charge in [-0.15, -0.1) is 0 Å². The third kappa shape index (κ3) is 3.42. The third-order valence-electron chi connectivity index (χ3n) is 5.51. The molecule has 4 rings (SSSR count). The van der Waals surface area contributed by atoms with Gasteiger partial charge in [-0.25, -0.2) is 4.98 Å². The SMILES string of the molecule is Cc1cc(-c2nc3ccc(CN)cc3n2C[C@H]2CCCNC2)cn(C)c1=O. The van der Waals surface area contributed by atoms with E-state index < -0.39 is 0 Å². The lowest BCUT2D eigenvalue weighted by molar-refractivity contribution is 0.341. The average Bonchev–Trinajstić information content (AvgIpc) is 3.04. The molecule has 1 aliphatic heterocycles. The molecule has 0 radical (unpaired) electrons. The molecule has 0 bridgehead atoms. The van der Waals surface area contributed by atoms with Gasteiger partial charge in [-0.05, 0) is 62.5 Å². The molecule has 3 heterocycles. The molecule has 0 saturated carbocycles. The maximum atomic E-state index is 12.1. The molecular formula is C21H27N5O. The number of fused-ring (bicyclic) bond motifs is 1. The normalized spacial score (nSPS) is 17.5. The largest absolute Gasteiger partial charge is 0.326 e. The molecule has 1 aromatic carbocycles. The summed E-state index contributed by atoms with van der Waals surface area (Å²) in [4.78, 5) is 17.0. The lowest BCUT2D eigenvalue weighted by atomic mass is 9.99. The van der Waals surface area contributed by atoms with Gasteiger partial charge in [0.2, 0.25) is 0 Å². The molecule has 1 atom stereocenters. The highest BCUT2D eigenvalue weighted by Gasteiger charge is 2.20. The minimum absolute atomic E-state index is 0.0308. The Morgan fingerprint density at radius 3 is 2.89 bits per heavy atom. The van der Waals surface area contributed by atoms with Crippen LogP contribution in [0.5, 0.6) is 0 Å². The summed E-state index contributed by atoms with van der Waals surface area (Å²) in [5, 5.41) is 3.50. The van der Waals surface area contributed by atoms with Gasteiger partial charge in [-0.1, -0.05) is 6.07 Å². The molecule has 0 unspecified atom stereocenters. The number of pyridine rings is 1. The summed E-state index contributed by atoms with van der Waals surface area (Å²) in [6.45, 7) is 5.42. The average molecular weight is 365 g/mol. The van der Waals surface area contributed by atoms with E-state index in [-0.39, 0.29) is 5.56 Å². The summed E-state index contributed by atoms with van der Waals surface area (Å²) in [5.74, 6) is 1.49. The van der Waals surface area contributed by atoms with Crippen LogP contribution in [0.25, 0.3) is 22.4 Å². The summed E-state index contributed by atoms with van der Waals surface area (Å²) in [6, 6.07) is 8.18. The molecule has 1 fully saturated rings. The Morgan fingerprint density at radius 2 is 2.19 bits per heavy atom. The Hall–Kier alpha value is -2.44. The van der Waals surface area contributed by atoms with E-state index in [0.29, 0.717) is 12.5 Å². The first kappa shape index (κ1) is 17.9. The van der Waals surface area contributed by atoms with E-state index in [4.69, 9.17) is 10.7 Å². The zero-order valence-electron chi connectivity index (χ0n) is 16.0. The van der Waals surface area contributed by atoms with E-state index in [1.807, 2.05) is 31.3 Å². The van der Waals surface area contributed by atoms with Crippen molar-refractivity contribution < 1.29 is 0 Å². The number of hydrogen-bond donors (Lipinski definition) is 2. The molecule has 2 aromatic heterocycles. The quantitative estimate of drug-likeness (QED) is 0.743. The number of aryl methyl sites for hydroxylation is 2. The standard InChI is InChI=1S/C21H27N5O/c1-14-8-17(13-25(2)21(14)27)20-24-18-6-5-15(10-22)9-19(18)26(20)12-16-4-3-7-23-11-16/h5-6,8-9,13,16,23H,3-4,7,10-12,22H2,1-2H3/t16-/m0/s1. The molecule has 0 aliphatic carbocycles. The Morgan fingerprint density at radius 1 is 1.33 bits per heavy atom. The Balaban J connectivity index is 1.88. The van der Waals surface area contributed by atoms with E-state index in [0.717, 1.165) is 53.2 Å². The van der Waals surface area contributed by atoms with Crippen LogP contribution in [0.4, 0.5) is 0 Å². The van der Waals surface area contributed by atoms with Crippen LogP contribution in [0.3, 0.4) is 0 Å². The van der Waals surface area contributed by atoms with Gasteiger partial charge in [0.15, 0.2) is 0 Å². The molecule has 1 saturated heterocycles. The van der Waals surface area contributed by atoms with Gasteiger partial charge in [0.1, 0.15) is 5.82 Å². The Labute approximate surface area is 159 Å². The summed E-state index contributed by atoms with van der Waals surface area (Å²) >= 11 is 0. The molecule has 3 N–H and O–H groups in total. The Bertz CT molecular complexity index is 1000. The van der Waals surface area contributed by atoms with Crippen molar-refractivity contribution in [3.8, 4) is 11.4 Å². The second-order valence-corrected chi connectivity index (χ2v) is 7.61. The van der Waals surface area contributed by atoms with Crippen molar-refractivity contribution in [3.63, 3.8) is 0 Å². The molecule has 142 valence electrons. The smallest absolute Gasteiger partial charge is 0.253 e. The van der Waals surface area contributed by atoms with E-state index in [1.54, 1.807) is 11.6 Å². The zero-order chi connectivity index (χ0) is 19.0. The second-order valence-electron chi connectivity index (χ2n) is 7.61. The molecule has 0 amide bonds.